The number of phenolic OH excluding ortho intramolecular Hbond substituents is 1. The van der Waals surface area contributed by atoms with E-state index in [4.69, 9.17) is 0 Å². The highest BCUT2D eigenvalue weighted by Gasteiger charge is 2.45. The van der Waals surface area contributed by atoms with Crippen LogP contribution in [0.5, 0.6) is 5.75 Å². The summed E-state index contributed by atoms with van der Waals surface area (Å²) in [6, 6.07) is 2.59. The maximum Gasteiger partial charge on any atom is 0.287 e. The Balaban J connectivity index is 1.30. The lowest BCUT2D eigenvalue weighted by Gasteiger charge is -2.32. The number of nitrogens with zero attached hydrogens (tertiary/aromatic N) is 1. The number of amides is 9. The van der Waals surface area contributed by atoms with E-state index in [2.05, 4.69) is 47.5 Å². The van der Waals surface area contributed by atoms with Crippen molar-refractivity contribution in [3.8, 4) is 5.75 Å². The van der Waals surface area contributed by atoms with E-state index in [1.807, 2.05) is 0 Å². The van der Waals surface area contributed by atoms with Crippen LogP contribution < -0.4 is 42.5 Å². The highest BCUT2D eigenvalue weighted by atomic mass is 32.2. The fourth-order valence-electron chi connectivity index (χ4n) is 11.6. The zero-order valence-electron chi connectivity index (χ0n) is 55.4. The van der Waals surface area contributed by atoms with Crippen molar-refractivity contribution >= 4 is 109 Å². The number of phenols is 1. The summed E-state index contributed by atoms with van der Waals surface area (Å²) in [5, 5.41) is 63.4. The lowest BCUT2D eigenvalue weighted by atomic mass is 9.85. The summed E-state index contributed by atoms with van der Waals surface area (Å²) in [6.45, 7) is 11.4. The van der Waals surface area contributed by atoms with E-state index in [0.717, 1.165) is 4.90 Å². The standard InChI is InChI=1S/C66H90N10O19S/c1-10-33(4)57-63(93)69-27-54(87)71-45-31-96(95)64-43(42-16-15-40(78)24-44(42)72-64)20-37(60(90)68-28-55(88)73-57)21-50(83)58(35(6)51(84)30-77)75-61(91)46-25-41(79)29-76(46)65(94)38(22-48(45)81)23-53(86)67-26-36-11-13-39(14-12-36)70-59(89)34(5)19-49(82)56(32(2)3)74-62(92)47(80)17-18-52(85)66(7,8)9/h11-16,24,32-35,37-38,41,45-46,51,56-58,72,77-79,84H,10,17-23,25-31H2,1-9H3,(H,67,86)(H,68,90)(H,69,93)(H,70,89)(H,71,87)(H,73,88)(H,74,92)(H,75,91)/t33-,34+,35-,37+,38-,41?,45?,46-,51-,56?,57-,58-,96?/m0/s1. The normalized spacial score (nSPS) is 23.7. The molecule has 30 heteroatoms. The number of aromatic hydroxyl groups is 1. The first-order chi connectivity index (χ1) is 45.1. The van der Waals surface area contributed by atoms with E-state index < -0.39 is 235 Å². The quantitative estimate of drug-likeness (QED) is 0.0648. The molecule has 3 aromatic rings. The Labute approximate surface area is 557 Å². The van der Waals surface area contributed by atoms with Gasteiger partial charge in [0.05, 0.1) is 78.0 Å². The molecule has 1 saturated heterocycles. The second kappa shape index (κ2) is 33.9. The van der Waals surface area contributed by atoms with Crippen LogP contribution in [0.1, 0.15) is 125 Å². The molecule has 0 saturated carbocycles. The molecule has 2 aromatic carbocycles. The summed E-state index contributed by atoms with van der Waals surface area (Å²) >= 11 is 0. The van der Waals surface area contributed by atoms with Crippen molar-refractivity contribution in [3.05, 3.63) is 53.6 Å². The highest BCUT2D eigenvalue weighted by molar-refractivity contribution is 7.85. The number of aliphatic hydroxyl groups is 3. The van der Waals surface area contributed by atoms with Crippen molar-refractivity contribution < 1.29 is 91.8 Å². The van der Waals surface area contributed by atoms with Crippen LogP contribution >= 0.6 is 0 Å². The minimum absolute atomic E-state index is 0.118. The SMILES string of the molecule is CC[C@H](C)[C@@H]1NC(=O)CNC(=O)[C@H]2CC(=O)[C@H]([C@@H](C)[C@@H](O)CO)NC(=O)[C@@H]3CC(O)CN3C(=O)[C@H](CC(=O)NCc3ccc(NC(=O)[C@H](C)CC(=O)C(NC(=O)C(=O)CCC(=O)C(C)(C)C)C(C)C)cc3)CC(=O)C(CS(=O)c3[nH]c4cc(O)ccc4c3C2)NC(=O)CNC1=O. The Hall–Kier alpha value is -8.61. The van der Waals surface area contributed by atoms with E-state index in [1.165, 1.54) is 44.2 Å². The first-order valence-electron chi connectivity index (χ1n) is 32.2. The van der Waals surface area contributed by atoms with Crippen LogP contribution in [0, 0.1) is 40.9 Å². The first-order valence-corrected chi connectivity index (χ1v) is 33.5. The Kier molecular flexibility index (Phi) is 27.0. The van der Waals surface area contributed by atoms with Gasteiger partial charge in [0.25, 0.3) is 5.91 Å². The molecule has 0 spiro atoms. The Bertz CT molecular complexity index is 3490. The molecule has 1 aromatic heterocycles. The van der Waals surface area contributed by atoms with Gasteiger partial charge in [-0.3, -0.25) is 71.3 Å². The van der Waals surface area contributed by atoms with Gasteiger partial charge in [-0.05, 0) is 53.6 Å². The van der Waals surface area contributed by atoms with E-state index in [9.17, 15) is 78.0 Å². The summed E-state index contributed by atoms with van der Waals surface area (Å²) in [7, 11) is -2.41. The molecule has 13 N–H and O–H groups in total. The number of fused-ring (bicyclic) bond motifs is 5. The summed E-state index contributed by atoms with van der Waals surface area (Å²) in [5.74, 6) is -19.0. The van der Waals surface area contributed by atoms with Gasteiger partial charge in [0.2, 0.25) is 53.0 Å². The lowest BCUT2D eigenvalue weighted by Crippen LogP contribution is -2.56. The van der Waals surface area contributed by atoms with Crippen LogP contribution in [-0.2, 0) is 90.9 Å². The highest BCUT2D eigenvalue weighted by Crippen LogP contribution is 2.33. The molecule has 4 heterocycles. The molecule has 0 aliphatic carbocycles. The van der Waals surface area contributed by atoms with Crippen LogP contribution in [0.3, 0.4) is 0 Å². The van der Waals surface area contributed by atoms with E-state index in [1.54, 1.807) is 60.6 Å². The van der Waals surface area contributed by atoms with Crippen molar-refractivity contribution in [2.24, 2.45) is 40.9 Å². The Morgan fingerprint density at radius 1 is 0.792 bits per heavy atom. The minimum Gasteiger partial charge on any atom is -0.508 e. The number of carbonyl (C=O) groups excluding carboxylic acids is 14. The van der Waals surface area contributed by atoms with E-state index in [0.29, 0.717) is 12.0 Å². The largest absolute Gasteiger partial charge is 0.508 e. The third-order valence-electron chi connectivity index (χ3n) is 17.7. The number of nitrogens with one attached hydrogen (secondary N) is 9. The molecule has 9 amide bonds. The summed E-state index contributed by atoms with van der Waals surface area (Å²) in [4.78, 5) is 198. The van der Waals surface area contributed by atoms with Gasteiger partial charge >= 0.3 is 0 Å². The number of Topliss-reactive ketones (excluding diaryl/α,β-unsaturated/α-hetero) is 5. The molecular formula is C66H90N10O19S. The average molecular weight is 1360 g/mol. The van der Waals surface area contributed by atoms with Crippen LogP contribution in [0.4, 0.5) is 5.69 Å². The fraction of sp³-hybridized carbons (Fsp3) is 0.576. The number of aliphatic hydroxyl groups excluding tert-OH is 3. The molecule has 3 aliphatic heterocycles. The summed E-state index contributed by atoms with van der Waals surface area (Å²) in [6.07, 6.45) is -6.85. The second-order valence-corrected chi connectivity index (χ2v) is 28.1. The molecule has 4 unspecified atom stereocenters. The molecule has 2 bridgehead atoms. The number of hydrogen-bond acceptors (Lipinski definition) is 19. The predicted molar refractivity (Wildman–Crippen MR) is 347 cm³/mol. The summed E-state index contributed by atoms with van der Waals surface area (Å²) < 4.78 is 15.1. The Morgan fingerprint density at radius 2 is 1.45 bits per heavy atom. The number of anilines is 1. The molecule has 29 nitrogen and oxygen atoms in total. The van der Waals surface area contributed by atoms with Crippen molar-refractivity contribution in [1.29, 1.82) is 0 Å². The van der Waals surface area contributed by atoms with Gasteiger partial charge in [-0.1, -0.05) is 80.9 Å². The Morgan fingerprint density at radius 3 is 2.08 bits per heavy atom. The fourth-order valence-corrected chi connectivity index (χ4v) is 13.0. The molecule has 13 atom stereocenters. The van der Waals surface area contributed by atoms with Crippen molar-refractivity contribution in [3.63, 3.8) is 0 Å². The monoisotopic (exact) mass is 1360 g/mol. The maximum atomic E-state index is 15.1. The van der Waals surface area contributed by atoms with Gasteiger partial charge < -0.3 is 72.8 Å². The molecule has 524 valence electrons. The van der Waals surface area contributed by atoms with Gasteiger partial charge in [-0.15, -0.1) is 0 Å². The lowest BCUT2D eigenvalue weighted by molar-refractivity contribution is -0.145. The second-order valence-electron chi connectivity index (χ2n) is 26.6. The smallest absolute Gasteiger partial charge is 0.287 e. The number of benzene rings is 2. The number of hydrogen-bond donors (Lipinski definition) is 13. The van der Waals surface area contributed by atoms with Crippen LogP contribution in [0.15, 0.2) is 47.5 Å². The van der Waals surface area contributed by atoms with Gasteiger partial charge in [-0.2, -0.15) is 0 Å². The summed E-state index contributed by atoms with van der Waals surface area (Å²) in [5.41, 5.74) is 0.322. The predicted octanol–water partition coefficient (Wildman–Crippen LogP) is -0.269. The number of aromatic nitrogens is 1. The molecule has 1 fully saturated rings. The van der Waals surface area contributed by atoms with Crippen LogP contribution in [0.2, 0.25) is 0 Å². The number of aromatic amines is 1. The first kappa shape index (κ1) is 76.4. The average Bonchev–Trinajstić information content (AvgIpc) is 1.62. The van der Waals surface area contributed by atoms with Crippen molar-refractivity contribution in [2.45, 2.75) is 174 Å². The zero-order chi connectivity index (χ0) is 71.2. The van der Waals surface area contributed by atoms with Gasteiger partial charge in [0.15, 0.2) is 17.3 Å². The third kappa shape index (κ3) is 20.5. The number of H-pyrrole nitrogens is 1. The molecule has 3 aliphatic rings. The van der Waals surface area contributed by atoms with Gasteiger partial charge in [0, 0.05) is 98.3 Å². The van der Waals surface area contributed by atoms with E-state index >= 15 is 13.8 Å². The van der Waals surface area contributed by atoms with Gasteiger partial charge in [-0.25, -0.2) is 0 Å². The van der Waals surface area contributed by atoms with Crippen molar-refractivity contribution in [2.75, 3.05) is 37.3 Å². The molecule has 0 radical (unpaired) electrons. The number of rotatable bonds is 20. The molecule has 6 rings (SSSR count). The zero-order valence-corrected chi connectivity index (χ0v) is 56.2. The number of ketones is 5. The van der Waals surface area contributed by atoms with E-state index in [-0.39, 0.29) is 64.5 Å². The third-order valence-corrected chi connectivity index (χ3v) is 19.2. The minimum atomic E-state index is -2.41. The number of carbonyl (C=O) groups is 14. The maximum absolute atomic E-state index is 15.1. The topological polar surface area (TPSA) is 452 Å². The van der Waals surface area contributed by atoms with Crippen molar-refractivity contribution in [1.82, 2.24) is 47.1 Å². The molecule has 96 heavy (non-hydrogen) atoms. The molecular weight excluding hydrogens is 1270 g/mol. The van der Waals surface area contributed by atoms with Gasteiger partial charge in [0.1, 0.15) is 28.6 Å². The van der Waals surface area contributed by atoms with Crippen LogP contribution in [0.25, 0.3) is 10.9 Å². The van der Waals surface area contributed by atoms with Crippen LogP contribution in [-0.4, -0.2) is 191 Å².